The van der Waals surface area contributed by atoms with Gasteiger partial charge in [-0.25, -0.2) is 9.59 Å². The highest BCUT2D eigenvalue weighted by atomic mass is 16.6. The SMILES string of the molecule is CC(NC(=O)OC(C)(C)C)C(OCc1ccccc1)C(=O)O. The van der Waals surface area contributed by atoms with E-state index in [1.165, 1.54) is 0 Å². The van der Waals surface area contributed by atoms with Gasteiger partial charge in [-0.1, -0.05) is 30.3 Å². The Morgan fingerprint density at radius 3 is 2.32 bits per heavy atom. The van der Waals surface area contributed by atoms with Crippen molar-refractivity contribution in [1.29, 1.82) is 0 Å². The van der Waals surface area contributed by atoms with Gasteiger partial charge in [0.05, 0.1) is 12.6 Å². The molecular formula is C16H23NO5. The molecule has 1 aromatic carbocycles. The summed E-state index contributed by atoms with van der Waals surface area (Å²) in [6.07, 6.45) is -1.83. The summed E-state index contributed by atoms with van der Waals surface area (Å²) < 4.78 is 10.5. The van der Waals surface area contributed by atoms with Crippen LogP contribution in [0.3, 0.4) is 0 Å². The third-order valence-corrected chi connectivity index (χ3v) is 2.71. The Hall–Kier alpha value is -2.08. The molecule has 0 aliphatic carbocycles. The second-order valence-corrected chi connectivity index (χ2v) is 5.99. The van der Waals surface area contributed by atoms with Crippen molar-refractivity contribution in [3.05, 3.63) is 35.9 Å². The minimum atomic E-state index is -1.16. The first-order valence-corrected chi connectivity index (χ1v) is 7.07. The van der Waals surface area contributed by atoms with Gasteiger partial charge >= 0.3 is 12.1 Å². The van der Waals surface area contributed by atoms with Crippen molar-refractivity contribution in [1.82, 2.24) is 5.32 Å². The molecule has 122 valence electrons. The number of carboxylic acid groups (broad SMARTS) is 1. The smallest absolute Gasteiger partial charge is 0.407 e. The van der Waals surface area contributed by atoms with E-state index in [9.17, 15) is 14.7 Å². The van der Waals surface area contributed by atoms with Gasteiger partial charge in [-0.05, 0) is 33.3 Å². The van der Waals surface area contributed by atoms with E-state index in [0.29, 0.717) is 0 Å². The van der Waals surface area contributed by atoms with Crippen molar-refractivity contribution in [3.8, 4) is 0 Å². The monoisotopic (exact) mass is 309 g/mol. The first kappa shape index (κ1) is 18.0. The summed E-state index contributed by atoms with van der Waals surface area (Å²) in [5.74, 6) is -1.14. The minimum Gasteiger partial charge on any atom is -0.479 e. The van der Waals surface area contributed by atoms with Crippen LogP contribution in [-0.4, -0.2) is 34.9 Å². The lowest BCUT2D eigenvalue weighted by atomic mass is 10.2. The van der Waals surface area contributed by atoms with Crippen LogP contribution in [0.5, 0.6) is 0 Å². The number of carbonyl (C=O) groups is 2. The molecule has 6 nitrogen and oxygen atoms in total. The lowest BCUT2D eigenvalue weighted by molar-refractivity contribution is -0.153. The molecule has 0 heterocycles. The molecule has 1 rings (SSSR count). The van der Waals surface area contributed by atoms with Crippen molar-refractivity contribution in [2.75, 3.05) is 0 Å². The summed E-state index contributed by atoms with van der Waals surface area (Å²) in [6, 6.07) is 8.50. The highest BCUT2D eigenvalue weighted by Gasteiger charge is 2.28. The maximum Gasteiger partial charge on any atom is 0.407 e. The van der Waals surface area contributed by atoms with Crippen molar-refractivity contribution < 1.29 is 24.2 Å². The molecule has 2 atom stereocenters. The van der Waals surface area contributed by atoms with E-state index in [1.54, 1.807) is 27.7 Å². The zero-order valence-corrected chi connectivity index (χ0v) is 13.3. The van der Waals surface area contributed by atoms with Crippen molar-refractivity contribution in [2.24, 2.45) is 0 Å². The lowest BCUT2D eigenvalue weighted by Gasteiger charge is -2.25. The molecule has 0 bridgehead atoms. The second-order valence-electron chi connectivity index (χ2n) is 5.99. The Morgan fingerprint density at radius 1 is 1.23 bits per heavy atom. The van der Waals surface area contributed by atoms with Crippen molar-refractivity contribution in [3.63, 3.8) is 0 Å². The van der Waals surface area contributed by atoms with Crippen LogP contribution in [0.2, 0.25) is 0 Å². The fourth-order valence-electron chi connectivity index (χ4n) is 1.76. The average Bonchev–Trinajstić information content (AvgIpc) is 2.37. The molecule has 0 radical (unpaired) electrons. The number of carboxylic acids is 1. The number of hydrogen-bond acceptors (Lipinski definition) is 4. The zero-order valence-electron chi connectivity index (χ0n) is 13.3. The lowest BCUT2D eigenvalue weighted by Crippen LogP contribution is -2.47. The predicted molar refractivity (Wildman–Crippen MR) is 81.5 cm³/mol. The average molecular weight is 309 g/mol. The van der Waals surface area contributed by atoms with E-state index >= 15 is 0 Å². The first-order valence-electron chi connectivity index (χ1n) is 7.07. The fraction of sp³-hybridized carbons (Fsp3) is 0.500. The Kier molecular flexibility index (Phi) is 6.37. The Balaban J connectivity index is 2.58. The number of carbonyl (C=O) groups excluding carboxylic acids is 1. The molecule has 0 aliphatic rings. The topological polar surface area (TPSA) is 84.9 Å². The molecule has 1 amide bonds. The van der Waals surface area contributed by atoms with Crippen LogP contribution in [0, 0.1) is 0 Å². The first-order chi connectivity index (χ1) is 10.2. The number of nitrogens with one attached hydrogen (secondary N) is 1. The molecule has 0 fully saturated rings. The molecule has 22 heavy (non-hydrogen) atoms. The normalized spacial score (nSPS) is 14.0. The maximum atomic E-state index is 11.7. The third kappa shape index (κ3) is 6.58. The fourth-order valence-corrected chi connectivity index (χ4v) is 1.76. The van der Waals surface area contributed by atoms with Gasteiger partial charge in [0.2, 0.25) is 0 Å². The van der Waals surface area contributed by atoms with E-state index in [2.05, 4.69) is 5.32 Å². The zero-order chi connectivity index (χ0) is 16.8. The summed E-state index contributed by atoms with van der Waals surface area (Å²) in [4.78, 5) is 23.0. The predicted octanol–water partition coefficient (Wildman–Crippen LogP) is 2.57. The number of hydrogen-bond donors (Lipinski definition) is 2. The van der Waals surface area contributed by atoms with Gasteiger partial charge in [-0.2, -0.15) is 0 Å². The maximum absolute atomic E-state index is 11.7. The van der Waals surface area contributed by atoms with Gasteiger partial charge in [0.15, 0.2) is 6.10 Å². The van der Waals surface area contributed by atoms with E-state index in [0.717, 1.165) is 5.56 Å². The van der Waals surface area contributed by atoms with Gasteiger partial charge in [-0.3, -0.25) is 0 Å². The number of alkyl carbamates (subject to hydrolysis) is 1. The van der Waals surface area contributed by atoms with E-state index in [4.69, 9.17) is 9.47 Å². The molecule has 2 unspecified atom stereocenters. The van der Waals surface area contributed by atoms with Gasteiger partial charge < -0.3 is 19.9 Å². The molecule has 0 saturated heterocycles. The number of amides is 1. The van der Waals surface area contributed by atoms with Crippen LogP contribution in [0.4, 0.5) is 4.79 Å². The minimum absolute atomic E-state index is 0.151. The van der Waals surface area contributed by atoms with Crippen LogP contribution in [-0.2, 0) is 20.9 Å². The molecule has 0 spiro atoms. The highest BCUT2D eigenvalue weighted by Crippen LogP contribution is 2.10. The number of aliphatic carboxylic acids is 1. The molecule has 0 aliphatic heterocycles. The van der Waals surface area contributed by atoms with E-state index < -0.39 is 29.8 Å². The van der Waals surface area contributed by atoms with Gasteiger partial charge in [0.1, 0.15) is 5.60 Å². The number of benzene rings is 1. The molecule has 1 aromatic rings. The van der Waals surface area contributed by atoms with Crippen molar-refractivity contribution in [2.45, 2.75) is 52.0 Å². The van der Waals surface area contributed by atoms with Gasteiger partial charge in [-0.15, -0.1) is 0 Å². The van der Waals surface area contributed by atoms with E-state index in [1.807, 2.05) is 30.3 Å². The molecule has 2 N–H and O–H groups in total. The summed E-state index contributed by atoms with van der Waals surface area (Å²) in [5.41, 5.74) is 0.214. The highest BCUT2D eigenvalue weighted by molar-refractivity contribution is 5.75. The van der Waals surface area contributed by atoms with Crippen LogP contribution in [0.15, 0.2) is 30.3 Å². The van der Waals surface area contributed by atoms with Crippen molar-refractivity contribution >= 4 is 12.1 Å². The van der Waals surface area contributed by atoms with Crippen LogP contribution >= 0.6 is 0 Å². The van der Waals surface area contributed by atoms with Gasteiger partial charge in [0.25, 0.3) is 0 Å². The molecule has 0 aromatic heterocycles. The molecular weight excluding hydrogens is 286 g/mol. The summed E-state index contributed by atoms with van der Waals surface area (Å²) in [7, 11) is 0. The largest absolute Gasteiger partial charge is 0.479 e. The second kappa shape index (κ2) is 7.79. The standard InChI is InChI=1S/C16H23NO5/c1-11(17-15(20)22-16(2,3)4)13(14(18)19)21-10-12-8-6-5-7-9-12/h5-9,11,13H,10H2,1-4H3,(H,17,20)(H,18,19). The van der Waals surface area contributed by atoms with Gasteiger partial charge in [0, 0.05) is 0 Å². The molecule has 0 saturated carbocycles. The summed E-state index contributed by atoms with van der Waals surface area (Å²) in [5, 5.41) is 11.7. The molecule has 6 heteroatoms. The Labute approximate surface area is 130 Å². The summed E-state index contributed by atoms with van der Waals surface area (Å²) >= 11 is 0. The van der Waals surface area contributed by atoms with Crippen LogP contribution < -0.4 is 5.32 Å². The Morgan fingerprint density at radius 2 is 1.82 bits per heavy atom. The van der Waals surface area contributed by atoms with Crippen LogP contribution in [0.25, 0.3) is 0 Å². The number of rotatable bonds is 6. The van der Waals surface area contributed by atoms with Crippen LogP contribution in [0.1, 0.15) is 33.3 Å². The number of ether oxygens (including phenoxy) is 2. The van der Waals surface area contributed by atoms with E-state index in [-0.39, 0.29) is 6.61 Å². The third-order valence-electron chi connectivity index (χ3n) is 2.71. The quantitative estimate of drug-likeness (QED) is 0.843. The Bertz CT molecular complexity index is 495. The summed E-state index contributed by atoms with van der Waals surface area (Å²) in [6.45, 7) is 6.92.